The summed E-state index contributed by atoms with van der Waals surface area (Å²) in [6.45, 7) is 10.8. The standard InChI is InChI=1S/C18H34N4O.HI/c1-16(14-21-9-11-23-12-10-21)13-20-17(19-2)22-8-7-18(15-22)5-3-4-6-18;/h16H,3-15H2,1-2H3,(H,19,20);1H. The van der Waals surface area contributed by atoms with Gasteiger partial charge in [0.15, 0.2) is 5.96 Å². The first-order valence-electron chi connectivity index (χ1n) is 9.46. The molecule has 3 aliphatic rings. The van der Waals surface area contributed by atoms with Gasteiger partial charge in [-0.2, -0.15) is 0 Å². The molecule has 0 amide bonds. The van der Waals surface area contributed by atoms with Gasteiger partial charge in [0.1, 0.15) is 0 Å². The predicted octanol–water partition coefficient (Wildman–Crippen LogP) is 2.41. The summed E-state index contributed by atoms with van der Waals surface area (Å²) in [5.41, 5.74) is 0.608. The summed E-state index contributed by atoms with van der Waals surface area (Å²) >= 11 is 0. The van der Waals surface area contributed by atoms with Gasteiger partial charge in [0.2, 0.25) is 0 Å². The van der Waals surface area contributed by atoms with E-state index in [4.69, 9.17) is 4.74 Å². The van der Waals surface area contributed by atoms with Gasteiger partial charge in [0, 0.05) is 46.3 Å². The largest absolute Gasteiger partial charge is 0.379 e. The number of nitrogens with zero attached hydrogens (tertiary/aromatic N) is 3. The molecule has 3 rings (SSSR count). The normalized spacial score (nSPS) is 25.8. The molecule has 1 unspecified atom stereocenters. The van der Waals surface area contributed by atoms with Gasteiger partial charge in [0.05, 0.1) is 13.2 Å². The van der Waals surface area contributed by atoms with Gasteiger partial charge in [-0.3, -0.25) is 9.89 Å². The fraction of sp³-hybridized carbons (Fsp3) is 0.944. The second kappa shape index (κ2) is 9.57. The molecule has 2 heterocycles. The highest BCUT2D eigenvalue weighted by molar-refractivity contribution is 14.0. The molecule has 0 aromatic rings. The van der Waals surface area contributed by atoms with Crippen LogP contribution in [-0.4, -0.2) is 75.3 Å². The summed E-state index contributed by atoms with van der Waals surface area (Å²) in [7, 11) is 1.93. The molecule has 1 atom stereocenters. The molecule has 1 saturated carbocycles. The number of aliphatic imine (C=N–C) groups is 1. The number of halogens is 1. The fourth-order valence-electron chi connectivity index (χ4n) is 4.54. The van der Waals surface area contributed by atoms with Crippen molar-refractivity contribution in [2.24, 2.45) is 16.3 Å². The number of likely N-dealkylation sites (tertiary alicyclic amines) is 1. The van der Waals surface area contributed by atoms with Gasteiger partial charge in [-0.15, -0.1) is 24.0 Å². The van der Waals surface area contributed by atoms with E-state index >= 15 is 0 Å². The molecule has 24 heavy (non-hydrogen) atoms. The van der Waals surface area contributed by atoms with Crippen LogP contribution in [0.2, 0.25) is 0 Å². The van der Waals surface area contributed by atoms with Crippen LogP contribution < -0.4 is 5.32 Å². The Labute approximate surface area is 164 Å². The molecule has 1 spiro atoms. The van der Waals surface area contributed by atoms with E-state index in [-0.39, 0.29) is 24.0 Å². The van der Waals surface area contributed by atoms with Crippen molar-refractivity contribution in [3.8, 4) is 0 Å². The van der Waals surface area contributed by atoms with E-state index in [0.29, 0.717) is 11.3 Å². The van der Waals surface area contributed by atoms with Gasteiger partial charge in [-0.1, -0.05) is 19.8 Å². The summed E-state index contributed by atoms with van der Waals surface area (Å²) in [6, 6.07) is 0. The van der Waals surface area contributed by atoms with Crippen LogP contribution in [0.25, 0.3) is 0 Å². The zero-order valence-corrected chi connectivity index (χ0v) is 17.8. The van der Waals surface area contributed by atoms with Crippen molar-refractivity contribution >= 4 is 29.9 Å². The smallest absolute Gasteiger partial charge is 0.193 e. The van der Waals surface area contributed by atoms with E-state index in [1.165, 1.54) is 45.2 Å². The molecule has 0 aromatic heterocycles. The monoisotopic (exact) mass is 450 g/mol. The van der Waals surface area contributed by atoms with Gasteiger partial charge in [0.25, 0.3) is 0 Å². The van der Waals surface area contributed by atoms with Crippen LogP contribution >= 0.6 is 24.0 Å². The van der Waals surface area contributed by atoms with E-state index in [1.807, 2.05) is 7.05 Å². The molecule has 1 aliphatic carbocycles. The van der Waals surface area contributed by atoms with E-state index < -0.39 is 0 Å². The maximum atomic E-state index is 5.43. The third-order valence-corrected chi connectivity index (χ3v) is 5.90. The number of guanidine groups is 1. The molecule has 2 aliphatic heterocycles. The lowest BCUT2D eigenvalue weighted by atomic mass is 9.86. The van der Waals surface area contributed by atoms with Crippen molar-refractivity contribution in [1.82, 2.24) is 15.1 Å². The Balaban J connectivity index is 0.00000208. The lowest BCUT2D eigenvalue weighted by Crippen LogP contribution is -2.45. The minimum Gasteiger partial charge on any atom is -0.379 e. The number of hydrogen-bond acceptors (Lipinski definition) is 3. The number of rotatable bonds is 4. The van der Waals surface area contributed by atoms with Crippen LogP contribution in [-0.2, 0) is 4.74 Å². The Morgan fingerprint density at radius 1 is 1.17 bits per heavy atom. The number of nitrogens with one attached hydrogen (secondary N) is 1. The molecule has 0 radical (unpaired) electrons. The highest BCUT2D eigenvalue weighted by Gasteiger charge is 2.41. The molecule has 2 saturated heterocycles. The topological polar surface area (TPSA) is 40.1 Å². The van der Waals surface area contributed by atoms with Crippen molar-refractivity contribution in [3.05, 3.63) is 0 Å². The average Bonchev–Trinajstić information content (AvgIpc) is 3.20. The molecule has 6 heteroatoms. The zero-order valence-electron chi connectivity index (χ0n) is 15.4. The quantitative estimate of drug-likeness (QED) is 0.406. The molecule has 5 nitrogen and oxygen atoms in total. The van der Waals surface area contributed by atoms with E-state index in [1.54, 1.807) is 0 Å². The highest BCUT2D eigenvalue weighted by atomic mass is 127. The first-order chi connectivity index (χ1) is 11.2. The minimum absolute atomic E-state index is 0. The van der Waals surface area contributed by atoms with Gasteiger partial charge >= 0.3 is 0 Å². The van der Waals surface area contributed by atoms with Gasteiger partial charge in [-0.25, -0.2) is 0 Å². The van der Waals surface area contributed by atoms with E-state index in [9.17, 15) is 0 Å². The SMILES string of the molecule is CN=C(NCC(C)CN1CCOCC1)N1CCC2(CCCC2)C1.I. The second-order valence-corrected chi connectivity index (χ2v) is 7.82. The summed E-state index contributed by atoms with van der Waals surface area (Å²) in [5, 5.41) is 3.63. The Morgan fingerprint density at radius 3 is 2.54 bits per heavy atom. The molecule has 0 aromatic carbocycles. The first kappa shape index (κ1) is 20.2. The third kappa shape index (κ3) is 5.21. The number of morpholine rings is 1. The molecular formula is C18H35IN4O. The van der Waals surface area contributed by atoms with Crippen LogP contribution in [0.5, 0.6) is 0 Å². The Morgan fingerprint density at radius 2 is 1.88 bits per heavy atom. The maximum absolute atomic E-state index is 5.43. The van der Waals surface area contributed by atoms with E-state index in [2.05, 4.69) is 27.0 Å². The van der Waals surface area contributed by atoms with Crippen LogP contribution in [0.3, 0.4) is 0 Å². The summed E-state index contributed by atoms with van der Waals surface area (Å²) in [4.78, 5) is 9.55. The Bertz CT molecular complexity index is 406. The van der Waals surface area contributed by atoms with Crippen LogP contribution in [0.4, 0.5) is 0 Å². The average molecular weight is 450 g/mol. The van der Waals surface area contributed by atoms with Gasteiger partial charge in [-0.05, 0) is 30.6 Å². The molecule has 0 bridgehead atoms. The van der Waals surface area contributed by atoms with Crippen LogP contribution in [0, 0.1) is 11.3 Å². The van der Waals surface area contributed by atoms with Crippen molar-refractivity contribution < 1.29 is 4.74 Å². The van der Waals surface area contributed by atoms with Crippen LogP contribution in [0.15, 0.2) is 4.99 Å². The van der Waals surface area contributed by atoms with Crippen molar-refractivity contribution in [2.45, 2.75) is 39.0 Å². The number of ether oxygens (including phenoxy) is 1. The zero-order chi connectivity index (χ0) is 16.1. The second-order valence-electron chi connectivity index (χ2n) is 7.82. The van der Waals surface area contributed by atoms with Crippen molar-refractivity contribution in [2.75, 3.05) is 59.5 Å². The third-order valence-electron chi connectivity index (χ3n) is 5.90. The molecule has 1 N–H and O–H groups in total. The van der Waals surface area contributed by atoms with E-state index in [0.717, 1.165) is 45.4 Å². The fourth-order valence-corrected chi connectivity index (χ4v) is 4.54. The Hall–Kier alpha value is -0.0800. The first-order valence-corrected chi connectivity index (χ1v) is 9.46. The molecule has 140 valence electrons. The summed E-state index contributed by atoms with van der Waals surface area (Å²) in [6.07, 6.45) is 7.06. The summed E-state index contributed by atoms with van der Waals surface area (Å²) in [5.74, 6) is 1.75. The maximum Gasteiger partial charge on any atom is 0.193 e. The highest BCUT2D eigenvalue weighted by Crippen LogP contribution is 2.45. The van der Waals surface area contributed by atoms with Crippen LogP contribution in [0.1, 0.15) is 39.0 Å². The lowest BCUT2D eigenvalue weighted by molar-refractivity contribution is 0.0320. The number of hydrogen-bond donors (Lipinski definition) is 1. The molecule has 3 fully saturated rings. The van der Waals surface area contributed by atoms with Crippen molar-refractivity contribution in [3.63, 3.8) is 0 Å². The molecular weight excluding hydrogens is 415 g/mol. The Kier molecular flexibility index (Phi) is 8.07. The lowest BCUT2D eigenvalue weighted by Gasteiger charge is -2.30. The van der Waals surface area contributed by atoms with Gasteiger partial charge < -0.3 is 15.0 Å². The minimum atomic E-state index is 0. The predicted molar refractivity (Wildman–Crippen MR) is 110 cm³/mol. The summed E-state index contributed by atoms with van der Waals surface area (Å²) < 4.78 is 5.43. The van der Waals surface area contributed by atoms with Crippen molar-refractivity contribution in [1.29, 1.82) is 0 Å².